The molecule has 26 heavy (non-hydrogen) atoms. The van der Waals surface area contributed by atoms with Gasteiger partial charge >= 0.3 is 0 Å². The van der Waals surface area contributed by atoms with Gasteiger partial charge in [-0.05, 0) is 18.8 Å². The van der Waals surface area contributed by atoms with Crippen LogP contribution in [0.15, 0.2) is 24.0 Å². The van der Waals surface area contributed by atoms with Gasteiger partial charge in [-0.2, -0.15) is 15.5 Å². The lowest BCUT2D eigenvalue weighted by atomic mass is 9.52. The third-order valence-electron chi connectivity index (χ3n) is 6.31. The first kappa shape index (κ1) is 16.8. The highest BCUT2D eigenvalue weighted by Crippen LogP contribution is 2.55. The van der Waals surface area contributed by atoms with Crippen LogP contribution in [-0.4, -0.2) is 25.3 Å². The molecule has 2 atom stereocenters. The molecule has 134 valence electrons. The quantitative estimate of drug-likeness (QED) is 0.793. The van der Waals surface area contributed by atoms with E-state index in [4.69, 9.17) is 5.10 Å². The van der Waals surface area contributed by atoms with E-state index in [2.05, 4.69) is 18.1 Å². The molecule has 0 radical (unpaired) electrons. The molecule has 0 amide bonds. The first-order valence-corrected chi connectivity index (χ1v) is 8.93. The molecule has 4 rings (SSSR count). The molecule has 1 unspecified atom stereocenters. The molecule has 0 N–H and O–H groups in total. The number of nitriles is 1. The SMILES string of the molecule is Cn1cc(-c2c3c(nn2C)[C@@]2(C)C=C(C#N)C(=O)C(C)(C)C2CC3)cn1. The molecule has 0 spiro atoms. The van der Waals surface area contributed by atoms with Crippen molar-refractivity contribution in [1.82, 2.24) is 19.6 Å². The van der Waals surface area contributed by atoms with Crippen LogP contribution in [-0.2, 0) is 30.7 Å². The van der Waals surface area contributed by atoms with Gasteiger partial charge in [0.25, 0.3) is 0 Å². The van der Waals surface area contributed by atoms with Gasteiger partial charge < -0.3 is 0 Å². The van der Waals surface area contributed by atoms with Crippen molar-refractivity contribution in [1.29, 1.82) is 5.26 Å². The Balaban J connectivity index is 1.96. The number of hydrogen-bond donors (Lipinski definition) is 0. The van der Waals surface area contributed by atoms with Crippen molar-refractivity contribution in [3.05, 3.63) is 35.3 Å². The second kappa shape index (κ2) is 5.16. The Morgan fingerprint density at radius 3 is 2.65 bits per heavy atom. The van der Waals surface area contributed by atoms with E-state index in [1.54, 1.807) is 4.68 Å². The topological polar surface area (TPSA) is 76.5 Å². The summed E-state index contributed by atoms with van der Waals surface area (Å²) < 4.78 is 3.71. The molecule has 2 heterocycles. The van der Waals surface area contributed by atoms with Crippen LogP contribution in [0, 0.1) is 22.7 Å². The fourth-order valence-electron chi connectivity index (χ4n) is 5.13. The smallest absolute Gasteiger partial charge is 0.178 e. The van der Waals surface area contributed by atoms with Gasteiger partial charge in [0.05, 0.1) is 23.2 Å². The first-order chi connectivity index (χ1) is 12.2. The molecule has 2 aliphatic rings. The molecule has 2 aromatic rings. The number of aromatic nitrogens is 4. The number of fused-ring (bicyclic) bond motifs is 3. The summed E-state index contributed by atoms with van der Waals surface area (Å²) in [6, 6.07) is 2.12. The summed E-state index contributed by atoms with van der Waals surface area (Å²) in [4.78, 5) is 12.8. The van der Waals surface area contributed by atoms with Crippen LogP contribution in [0.5, 0.6) is 0 Å². The third-order valence-corrected chi connectivity index (χ3v) is 6.31. The van der Waals surface area contributed by atoms with Gasteiger partial charge in [-0.3, -0.25) is 14.2 Å². The maximum atomic E-state index is 12.8. The molecule has 0 aromatic carbocycles. The van der Waals surface area contributed by atoms with E-state index >= 15 is 0 Å². The van der Waals surface area contributed by atoms with Gasteiger partial charge in [-0.25, -0.2) is 0 Å². The van der Waals surface area contributed by atoms with Crippen LogP contribution in [0.3, 0.4) is 0 Å². The number of nitrogens with zero attached hydrogens (tertiary/aromatic N) is 5. The number of hydrogen-bond acceptors (Lipinski definition) is 4. The largest absolute Gasteiger partial charge is 0.293 e. The van der Waals surface area contributed by atoms with Gasteiger partial charge in [0.2, 0.25) is 0 Å². The number of allylic oxidation sites excluding steroid dienone is 2. The molecule has 0 fully saturated rings. The highest BCUT2D eigenvalue weighted by atomic mass is 16.1. The number of carbonyl (C=O) groups is 1. The molecule has 0 saturated heterocycles. The molecule has 0 aliphatic heterocycles. The molecule has 0 saturated carbocycles. The van der Waals surface area contributed by atoms with Gasteiger partial charge in [0.15, 0.2) is 5.78 Å². The number of carbonyl (C=O) groups excluding carboxylic acids is 1. The summed E-state index contributed by atoms with van der Waals surface area (Å²) in [6.45, 7) is 6.07. The van der Waals surface area contributed by atoms with Crippen LogP contribution in [0.2, 0.25) is 0 Å². The molecular formula is C20H23N5O. The van der Waals surface area contributed by atoms with Crippen molar-refractivity contribution in [2.75, 3.05) is 0 Å². The van der Waals surface area contributed by atoms with E-state index in [-0.39, 0.29) is 17.3 Å². The summed E-state index contributed by atoms with van der Waals surface area (Å²) in [5.41, 5.74) is 3.58. The van der Waals surface area contributed by atoms with E-state index in [0.29, 0.717) is 0 Å². The minimum absolute atomic E-state index is 0.0469. The van der Waals surface area contributed by atoms with Gasteiger partial charge in [-0.1, -0.05) is 26.8 Å². The fourth-order valence-corrected chi connectivity index (χ4v) is 5.13. The van der Waals surface area contributed by atoms with Crippen molar-refractivity contribution in [3.63, 3.8) is 0 Å². The monoisotopic (exact) mass is 349 g/mol. The lowest BCUT2D eigenvalue weighted by Crippen LogP contribution is -2.51. The Labute approximate surface area is 153 Å². The van der Waals surface area contributed by atoms with Crippen LogP contribution in [0.25, 0.3) is 11.3 Å². The highest BCUT2D eigenvalue weighted by Gasteiger charge is 2.55. The van der Waals surface area contributed by atoms with E-state index in [1.165, 1.54) is 5.56 Å². The summed E-state index contributed by atoms with van der Waals surface area (Å²) in [5, 5.41) is 18.7. The Kier molecular flexibility index (Phi) is 3.33. The Hall–Kier alpha value is -2.68. The molecule has 6 nitrogen and oxygen atoms in total. The summed E-state index contributed by atoms with van der Waals surface area (Å²) in [5.74, 6) is 0.0816. The number of ketones is 1. The van der Waals surface area contributed by atoms with Crippen molar-refractivity contribution < 1.29 is 4.79 Å². The van der Waals surface area contributed by atoms with E-state index in [9.17, 15) is 10.1 Å². The molecule has 6 heteroatoms. The third kappa shape index (κ3) is 2.00. The van der Waals surface area contributed by atoms with Crippen molar-refractivity contribution in [2.45, 2.75) is 39.0 Å². The zero-order valence-electron chi connectivity index (χ0n) is 15.9. The van der Waals surface area contributed by atoms with E-state index < -0.39 is 10.8 Å². The Bertz CT molecular complexity index is 1000. The standard InChI is InChI=1S/C20H23N5O/c1-19(2)15-7-6-14-16(13-10-22-24(4)11-13)25(5)23-17(14)20(15,3)8-12(9-21)18(19)26/h8,10-11,15H,6-7H2,1-5H3/t15?,20-/m0/s1. The first-order valence-electron chi connectivity index (χ1n) is 8.93. The number of rotatable bonds is 1. The van der Waals surface area contributed by atoms with Crippen LogP contribution in [0.1, 0.15) is 38.4 Å². The number of Topliss-reactive ketones (excluding diaryl/α,β-unsaturated/α-hetero) is 1. The van der Waals surface area contributed by atoms with Crippen molar-refractivity contribution in [3.8, 4) is 17.3 Å². The summed E-state index contributed by atoms with van der Waals surface area (Å²) in [6.07, 6.45) is 7.49. The minimum atomic E-state index is -0.571. The average Bonchev–Trinajstić information content (AvgIpc) is 3.14. The van der Waals surface area contributed by atoms with Crippen molar-refractivity contribution >= 4 is 5.78 Å². The molecule has 0 bridgehead atoms. The summed E-state index contributed by atoms with van der Waals surface area (Å²) in [7, 11) is 3.86. The molecule has 2 aliphatic carbocycles. The zero-order valence-corrected chi connectivity index (χ0v) is 15.9. The van der Waals surface area contributed by atoms with E-state index in [1.807, 2.05) is 51.1 Å². The van der Waals surface area contributed by atoms with Crippen LogP contribution < -0.4 is 0 Å². The molecule has 2 aromatic heterocycles. The van der Waals surface area contributed by atoms with Gasteiger partial charge in [0, 0.05) is 42.2 Å². The average molecular weight is 349 g/mol. The predicted molar refractivity (Wildman–Crippen MR) is 97.1 cm³/mol. The second-order valence-electron chi connectivity index (χ2n) is 8.30. The van der Waals surface area contributed by atoms with Gasteiger partial charge in [-0.15, -0.1) is 0 Å². The van der Waals surface area contributed by atoms with Crippen molar-refractivity contribution in [2.24, 2.45) is 25.4 Å². The number of aryl methyl sites for hydroxylation is 2. The van der Waals surface area contributed by atoms with Crippen LogP contribution in [0.4, 0.5) is 0 Å². The zero-order chi connectivity index (χ0) is 18.9. The normalized spacial score (nSPS) is 26.7. The Morgan fingerprint density at radius 1 is 1.31 bits per heavy atom. The summed E-state index contributed by atoms with van der Waals surface area (Å²) >= 11 is 0. The maximum Gasteiger partial charge on any atom is 0.178 e. The Morgan fingerprint density at radius 2 is 2.04 bits per heavy atom. The highest BCUT2D eigenvalue weighted by molar-refractivity contribution is 6.04. The maximum absolute atomic E-state index is 12.8. The predicted octanol–water partition coefficient (Wildman–Crippen LogP) is 2.70. The van der Waals surface area contributed by atoms with Crippen LogP contribution >= 0.6 is 0 Å². The lowest BCUT2D eigenvalue weighted by Gasteiger charge is -2.49. The lowest BCUT2D eigenvalue weighted by molar-refractivity contribution is -0.128. The van der Waals surface area contributed by atoms with E-state index in [0.717, 1.165) is 29.8 Å². The minimum Gasteiger partial charge on any atom is -0.293 e. The molecular weight excluding hydrogens is 326 g/mol. The van der Waals surface area contributed by atoms with Gasteiger partial charge in [0.1, 0.15) is 6.07 Å². The second-order valence-corrected chi connectivity index (χ2v) is 8.30. The fraction of sp³-hybridized carbons (Fsp3) is 0.500.